The van der Waals surface area contributed by atoms with Crippen molar-refractivity contribution < 1.29 is 4.79 Å². The lowest BCUT2D eigenvalue weighted by Gasteiger charge is -2.39. The van der Waals surface area contributed by atoms with Crippen LogP contribution in [0, 0.1) is 0 Å². The second-order valence-corrected chi connectivity index (χ2v) is 5.09. The Hall–Kier alpha value is -1.55. The molecule has 0 bridgehead atoms. The maximum absolute atomic E-state index is 11.8. The monoisotopic (exact) mass is 261 g/mol. The van der Waals surface area contributed by atoms with Gasteiger partial charge in [0.2, 0.25) is 0 Å². The van der Waals surface area contributed by atoms with E-state index in [0.29, 0.717) is 12.6 Å². The first-order valence-electron chi connectivity index (χ1n) is 7.01. The number of hydrogen-bond acceptors (Lipinski definition) is 2. The number of piperazine rings is 1. The Morgan fingerprint density at radius 2 is 2.05 bits per heavy atom. The van der Waals surface area contributed by atoms with Gasteiger partial charge in [0.15, 0.2) is 0 Å². The van der Waals surface area contributed by atoms with E-state index in [4.69, 9.17) is 0 Å². The minimum Gasteiger partial charge on any atom is -0.338 e. The predicted octanol–water partition coefficient (Wildman–Crippen LogP) is 1.92. The van der Waals surface area contributed by atoms with Gasteiger partial charge in [-0.15, -0.1) is 0 Å². The zero-order chi connectivity index (χ0) is 13.7. The summed E-state index contributed by atoms with van der Waals surface area (Å²) < 4.78 is 0. The van der Waals surface area contributed by atoms with Crippen LogP contribution in [-0.2, 0) is 6.54 Å². The Balaban J connectivity index is 1.88. The van der Waals surface area contributed by atoms with Crippen molar-refractivity contribution in [2.45, 2.75) is 26.4 Å². The number of nitrogens with zero attached hydrogens (tertiary/aromatic N) is 2. The molecule has 1 aromatic carbocycles. The normalized spacial score (nSPS) is 20.3. The van der Waals surface area contributed by atoms with E-state index in [1.54, 1.807) is 0 Å². The lowest BCUT2D eigenvalue weighted by molar-refractivity contribution is 0.0928. The molecule has 1 heterocycles. The summed E-state index contributed by atoms with van der Waals surface area (Å²) in [6.07, 6.45) is 0. The highest BCUT2D eigenvalue weighted by atomic mass is 16.2. The van der Waals surface area contributed by atoms with Crippen molar-refractivity contribution >= 4 is 6.03 Å². The quantitative estimate of drug-likeness (QED) is 0.902. The van der Waals surface area contributed by atoms with Gasteiger partial charge in [-0.1, -0.05) is 30.3 Å². The van der Waals surface area contributed by atoms with Crippen molar-refractivity contribution in [2.75, 3.05) is 26.2 Å². The zero-order valence-corrected chi connectivity index (χ0v) is 11.8. The van der Waals surface area contributed by atoms with Crippen molar-refractivity contribution in [3.63, 3.8) is 0 Å². The van der Waals surface area contributed by atoms with Gasteiger partial charge in [-0.2, -0.15) is 0 Å². The number of nitrogens with one attached hydrogen (secondary N) is 1. The number of benzene rings is 1. The van der Waals surface area contributed by atoms with Crippen LogP contribution in [0.3, 0.4) is 0 Å². The first kappa shape index (κ1) is 13.9. The van der Waals surface area contributed by atoms with Crippen molar-refractivity contribution in [3.8, 4) is 0 Å². The van der Waals surface area contributed by atoms with Crippen LogP contribution in [0.5, 0.6) is 0 Å². The summed E-state index contributed by atoms with van der Waals surface area (Å²) in [6.45, 7) is 8.35. The second-order valence-electron chi connectivity index (χ2n) is 5.09. The molecule has 1 saturated heterocycles. The average Bonchev–Trinajstić information content (AvgIpc) is 2.42. The van der Waals surface area contributed by atoms with E-state index < -0.39 is 0 Å². The second kappa shape index (κ2) is 6.57. The minimum atomic E-state index is 0.0636. The van der Waals surface area contributed by atoms with Gasteiger partial charge in [-0.05, 0) is 19.4 Å². The van der Waals surface area contributed by atoms with Crippen molar-refractivity contribution in [2.24, 2.45) is 0 Å². The van der Waals surface area contributed by atoms with E-state index in [1.807, 2.05) is 17.9 Å². The fourth-order valence-corrected chi connectivity index (χ4v) is 2.50. The molecular formula is C15H23N3O. The number of carbonyl (C=O) groups is 1. The molecule has 0 aromatic heterocycles. The van der Waals surface area contributed by atoms with Crippen LogP contribution < -0.4 is 5.32 Å². The van der Waals surface area contributed by atoms with Crippen molar-refractivity contribution in [3.05, 3.63) is 35.9 Å². The van der Waals surface area contributed by atoms with Crippen LogP contribution in [0.2, 0.25) is 0 Å². The summed E-state index contributed by atoms with van der Waals surface area (Å²) in [5, 5.41) is 2.87. The fourth-order valence-electron chi connectivity index (χ4n) is 2.50. The SMILES string of the molecule is CCNC(=O)N1CCN(Cc2ccccc2)C(C)C1. The Morgan fingerprint density at radius 1 is 1.32 bits per heavy atom. The first-order chi connectivity index (χ1) is 9.20. The third kappa shape index (κ3) is 3.70. The van der Waals surface area contributed by atoms with Crippen LogP contribution in [-0.4, -0.2) is 48.1 Å². The molecule has 1 aromatic rings. The van der Waals surface area contributed by atoms with Gasteiger partial charge in [-0.3, -0.25) is 4.90 Å². The number of hydrogen-bond donors (Lipinski definition) is 1. The molecule has 1 fully saturated rings. The van der Waals surface area contributed by atoms with Crippen LogP contribution in [0.1, 0.15) is 19.4 Å². The van der Waals surface area contributed by atoms with Crippen LogP contribution in [0.4, 0.5) is 4.79 Å². The molecule has 2 amide bonds. The van der Waals surface area contributed by atoms with Crippen LogP contribution in [0.15, 0.2) is 30.3 Å². The highest BCUT2D eigenvalue weighted by Gasteiger charge is 2.26. The molecule has 2 rings (SSSR count). The Bertz CT molecular complexity index is 407. The van der Waals surface area contributed by atoms with E-state index in [2.05, 4.69) is 41.4 Å². The lowest BCUT2D eigenvalue weighted by Crippen LogP contribution is -2.55. The molecule has 0 aliphatic carbocycles. The molecule has 104 valence electrons. The Morgan fingerprint density at radius 3 is 2.68 bits per heavy atom. The predicted molar refractivity (Wildman–Crippen MR) is 77.0 cm³/mol. The summed E-state index contributed by atoms with van der Waals surface area (Å²) >= 11 is 0. The zero-order valence-electron chi connectivity index (χ0n) is 11.8. The molecule has 0 spiro atoms. The summed E-state index contributed by atoms with van der Waals surface area (Å²) in [6, 6.07) is 11.0. The highest BCUT2D eigenvalue weighted by Crippen LogP contribution is 2.13. The summed E-state index contributed by atoms with van der Waals surface area (Å²) in [5.41, 5.74) is 1.33. The Kier molecular flexibility index (Phi) is 4.80. The van der Waals surface area contributed by atoms with Crippen molar-refractivity contribution in [1.29, 1.82) is 0 Å². The topological polar surface area (TPSA) is 35.6 Å². The maximum atomic E-state index is 11.8. The molecular weight excluding hydrogens is 238 g/mol. The number of carbonyl (C=O) groups excluding carboxylic acids is 1. The van der Waals surface area contributed by atoms with Gasteiger partial charge in [0, 0.05) is 38.8 Å². The third-order valence-electron chi connectivity index (χ3n) is 3.61. The van der Waals surface area contributed by atoms with Gasteiger partial charge >= 0.3 is 6.03 Å². The molecule has 1 unspecified atom stereocenters. The third-order valence-corrected chi connectivity index (χ3v) is 3.61. The van der Waals surface area contributed by atoms with Gasteiger partial charge in [0.1, 0.15) is 0 Å². The lowest BCUT2D eigenvalue weighted by atomic mass is 10.1. The van der Waals surface area contributed by atoms with E-state index in [0.717, 1.165) is 26.2 Å². The number of amides is 2. The average molecular weight is 261 g/mol. The first-order valence-corrected chi connectivity index (χ1v) is 7.01. The largest absolute Gasteiger partial charge is 0.338 e. The fraction of sp³-hybridized carbons (Fsp3) is 0.533. The van der Waals surface area contributed by atoms with Gasteiger partial charge in [-0.25, -0.2) is 4.79 Å². The molecule has 1 atom stereocenters. The van der Waals surface area contributed by atoms with Gasteiger partial charge < -0.3 is 10.2 Å². The van der Waals surface area contributed by atoms with E-state index in [-0.39, 0.29) is 6.03 Å². The molecule has 1 aliphatic rings. The summed E-state index contributed by atoms with van der Waals surface area (Å²) in [7, 11) is 0. The summed E-state index contributed by atoms with van der Waals surface area (Å²) in [4.78, 5) is 16.2. The van der Waals surface area contributed by atoms with E-state index >= 15 is 0 Å². The van der Waals surface area contributed by atoms with E-state index in [9.17, 15) is 4.79 Å². The van der Waals surface area contributed by atoms with Gasteiger partial charge in [0.25, 0.3) is 0 Å². The molecule has 1 aliphatic heterocycles. The minimum absolute atomic E-state index is 0.0636. The summed E-state index contributed by atoms with van der Waals surface area (Å²) in [5.74, 6) is 0. The number of urea groups is 1. The molecule has 4 nitrogen and oxygen atoms in total. The highest BCUT2D eigenvalue weighted by molar-refractivity contribution is 5.74. The smallest absolute Gasteiger partial charge is 0.317 e. The van der Waals surface area contributed by atoms with E-state index in [1.165, 1.54) is 5.56 Å². The molecule has 1 N–H and O–H groups in total. The van der Waals surface area contributed by atoms with Crippen LogP contribution >= 0.6 is 0 Å². The van der Waals surface area contributed by atoms with Crippen LogP contribution in [0.25, 0.3) is 0 Å². The number of rotatable bonds is 3. The molecule has 4 heteroatoms. The molecule has 0 radical (unpaired) electrons. The standard InChI is InChI=1S/C15H23N3O/c1-3-16-15(19)18-10-9-17(13(2)11-18)12-14-7-5-4-6-8-14/h4-8,13H,3,9-12H2,1-2H3,(H,16,19). The maximum Gasteiger partial charge on any atom is 0.317 e. The Labute approximate surface area is 115 Å². The van der Waals surface area contributed by atoms with Gasteiger partial charge in [0.05, 0.1) is 0 Å². The van der Waals surface area contributed by atoms with Crippen molar-refractivity contribution in [1.82, 2.24) is 15.1 Å². The molecule has 0 saturated carbocycles. The molecule has 19 heavy (non-hydrogen) atoms.